The molecule has 1 aromatic carbocycles. The van der Waals surface area contributed by atoms with Crippen LogP contribution in [0.4, 0.5) is 5.69 Å². The van der Waals surface area contributed by atoms with Crippen molar-refractivity contribution in [3.8, 4) is 5.75 Å². The maximum Gasteiger partial charge on any atom is 0.271 e. The van der Waals surface area contributed by atoms with Crippen molar-refractivity contribution in [3.63, 3.8) is 0 Å². The van der Waals surface area contributed by atoms with E-state index in [4.69, 9.17) is 10.5 Å². The van der Waals surface area contributed by atoms with E-state index in [9.17, 15) is 9.59 Å². The first kappa shape index (κ1) is 13.5. The Morgan fingerprint density at radius 2 is 2.32 bits per heavy atom. The van der Waals surface area contributed by atoms with Gasteiger partial charge >= 0.3 is 0 Å². The number of nitrogens with one attached hydrogen (secondary N) is 1. The summed E-state index contributed by atoms with van der Waals surface area (Å²) >= 11 is 0. The molecule has 0 fully saturated rings. The highest BCUT2D eigenvalue weighted by molar-refractivity contribution is 6.17. The first-order valence-electron chi connectivity index (χ1n) is 6.13. The van der Waals surface area contributed by atoms with Crippen molar-refractivity contribution in [2.75, 3.05) is 31.6 Å². The maximum atomic E-state index is 11.8. The molecule has 1 heterocycles. The first-order valence-corrected chi connectivity index (χ1v) is 6.13. The van der Waals surface area contributed by atoms with Gasteiger partial charge in [0, 0.05) is 0 Å². The normalized spacial score (nSPS) is 14.0. The van der Waals surface area contributed by atoms with Gasteiger partial charge in [0.15, 0.2) is 6.61 Å². The molecule has 1 aliphatic heterocycles. The molecule has 0 saturated carbocycles. The van der Waals surface area contributed by atoms with E-state index in [0.717, 1.165) is 23.4 Å². The van der Waals surface area contributed by atoms with Crippen LogP contribution < -0.4 is 20.7 Å². The molecule has 6 heteroatoms. The quantitative estimate of drug-likeness (QED) is 0.776. The number of fused-ring (bicyclic) bond motifs is 1. The highest BCUT2D eigenvalue weighted by Gasteiger charge is 2.30. The van der Waals surface area contributed by atoms with Gasteiger partial charge < -0.3 is 15.8 Å². The van der Waals surface area contributed by atoms with E-state index >= 15 is 0 Å². The predicted molar refractivity (Wildman–Crippen MR) is 71.1 cm³/mol. The molecule has 19 heavy (non-hydrogen) atoms. The van der Waals surface area contributed by atoms with Crippen molar-refractivity contribution in [2.24, 2.45) is 5.73 Å². The van der Waals surface area contributed by atoms with E-state index in [1.165, 1.54) is 0 Å². The molecule has 0 radical (unpaired) electrons. The minimum absolute atomic E-state index is 0.130. The Morgan fingerprint density at radius 3 is 3.00 bits per heavy atom. The van der Waals surface area contributed by atoms with Gasteiger partial charge in [-0.15, -0.1) is 0 Å². The van der Waals surface area contributed by atoms with Gasteiger partial charge in [0.2, 0.25) is 5.91 Å². The van der Waals surface area contributed by atoms with E-state index in [-0.39, 0.29) is 19.1 Å². The summed E-state index contributed by atoms with van der Waals surface area (Å²) in [5, 5.41) is 3.05. The second-order valence-electron chi connectivity index (χ2n) is 4.27. The van der Waals surface area contributed by atoms with Crippen molar-refractivity contribution < 1.29 is 14.3 Å². The fraction of sp³-hybridized carbons (Fsp3) is 0.385. The second kappa shape index (κ2) is 5.81. The summed E-state index contributed by atoms with van der Waals surface area (Å²) in [7, 11) is 1.87. The molecule has 0 atom stereocenters. The van der Waals surface area contributed by atoms with Crippen LogP contribution in [0, 0.1) is 0 Å². The molecule has 0 saturated heterocycles. The summed E-state index contributed by atoms with van der Waals surface area (Å²) in [4.78, 5) is 24.7. The number of carbonyl (C=O) groups excluding carboxylic acids is 2. The van der Waals surface area contributed by atoms with Crippen LogP contribution in [0.3, 0.4) is 0 Å². The number of ether oxygens (including phenoxy) is 1. The van der Waals surface area contributed by atoms with Crippen LogP contribution in [0.1, 0.15) is 5.56 Å². The number of amides is 2. The van der Waals surface area contributed by atoms with Gasteiger partial charge in [-0.05, 0) is 37.7 Å². The Labute approximate surface area is 111 Å². The third-order valence-electron chi connectivity index (χ3n) is 2.95. The van der Waals surface area contributed by atoms with E-state index < -0.39 is 5.91 Å². The SMILES string of the molecule is CNCCc1ccc2c(c1)N(C(=O)CN)C(=O)CO2. The maximum absolute atomic E-state index is 11.8. The summed E-state index contributed by atoms with van der Waals surface area (Å²) in [6, 6.07) is 5.51. The summed E-state index contributed by atoms with van der Waals surface area (Å²) in [6.07, 6.45) is 0.808. The van der Waals surface area contributed by atoms with Gasteiger partial charge in [0.1, 0.15) is 5.75 Å². The Bertz CT molecular complexity index is 502. The first-order chi connectivity index (χ1) is 9.17. The summed E-state index contributed by atoms with van der Waals surface area (Å²) in [6.45, 7) is 0.485. The number of imide groups is 1. The molecule has 1 aromatic rings. The number of hydrogen-bond donors (Lipinski definition) is 2. The predicted octanol–water partition coefficient (Wildman–Crippen LogP) is -0.341. The lowest BCUT2D eigenvalue weighted by Gasteiger charge is -2.27. The number of benzene rings is 1. The van der Waals surface area contributed by atoms with Crippen molar-refractivity contribution in [1.29, 1.82) is 0 Å². The average molecular weight is 263 g/mol. The molecule has 2 amide bonds. The molecule has 2 rings (SSSR count). The lowest BCUT2D eigenvalue weighted by molar-refractivity contribution is -0.127. The molecular weight excluding hydrogens is 246 g/mol. The molecule has 0 spiro atoms. The third-order valence-corrected chi connectivity index (χ3v) is 2.95. The van der Waals surface area contributed by atoms with Crippen LogP contribution in [-0.2, 0) is 16.0 Å². The van der Waals surface area contributed by atoms with Gasteiger partial charge in [0.05, 0.1) is 12.2 Å². The standard InChI is InChI=1S/C13H17N3O3/c1-15-5-4-9-2-3-11-10(6-9)16(12(17)7-14)13(18)8-19-11/h2-3,6,15H,4-5,7-8,14H2,1H3. The minimum Gasteiger partial charge on any atom is -0.482 e. The molecular formula is C13H17N3O3. The lowest BCUT2D eigenvalue weighted by atomic mass is 10.1. The van der Waals surface area contributed by atoms with Crippen molar-refractivity contribution in [1.82, 2.24) is 5.32 Å². The Morgan fingerprint density at radius 1 is 1.53 bits per heavy atom. The fourth-order valence-corrected chi connectivity index (χ4v) is 1.99. The number of carbonyl (C=O) groups is 2. The number of rotatable bonds is 4. The zero-order valence-electron chi connectivity index (χ0n) is 10.8. The number of nitrogens with two attached hydrogens (primary N) is 1. The fourth-order valence-electron chi connectivity index (χ4n) is 1.99. The van der Waals surface area contributed by atoms with Crippen LogP contribution in [0.2, 0.25) is 0 Å². The Hall–Kier alpha value is -1.92. The van der Waals surface area contributed by atoms with Crippen LogP contribution in [0.25, 0.3) is 0 Å². The Balaban J connectivity index is 2.35. The van der Waals surface area contributed by atoms with E-state index in [0.29, 0.717) is 11.4 Å². The topological polar surface area (TPSA) is 84.7 Å². The molecule has 6 nitrogen and oxygen atoms in total. The summed E-state index contributed by atoms with van der Waals surface area (Å²) in [5.41, 5.74) is 6.86. The van der Waals surface area contributed by atoms with Gasteiger partial charge in [-0.3, -0.25) is 9.59 Å². The van der Waals surface area contributed by atoms with Crippen molar-refractivity contribution >= 4 is 17.5 Å². The van der Waals surface area contributed by atoms with Crippen molar-refractivity contribution in [2.45, 2.75) is 6.42 Å². The average Bonchev–Trinajstić information content (AvgIpc) is 2.44. The minimum atomic E-state index is -0.416. The molecule has 0 aromatic heterocycles. The summed E-state index contributed by atoms with van der Waals surface area (Å²) < 4.78 is 5.32. The number of likely N-dealkylation sites (N-methyl/N-ethyl adjacent to an activating group) is 1. The number of nitrogens with zero attached hydrogens (tertiary/aromatic N) is 1. The van der Waals surface area contributed by atoms with E-state index in [1.807, 2.05) is 13.1 Å². The monoisotopic (exact) mass is 263 g/mol. The highest BCUT2D eigenvalue weighted by Crippen LogP contribution is 2.33. The van der Waals surface area contributed by atoms with Crippen LogP contribution in [0.5, 0.6) is 5.75 Å². The van der Waals surface area contributed by atoms with Gasteiger partial charge in [0.25, 0.3) is 5.91 Å². The smallest absolute Gasteiger partial charge is 0.271 e. The van der Waals surface area contributed by atoms with Gasteiger partial charge in [-0.25, -0.2) is 4.90 Å². The third kappa shape index (κ3) is 2.74. The summed E-state index contributed by atoms with van der Waals surface area (Å²) in [5.74, 6) is -0.261. The zero-order chi connectivity index (χ0) is 13.8. The molecule has 0 unspecified atom stereocenters. The molecule has 0 aliphatic carbocycles. The second-order valence-corrected chi connectivity index (χ2v) is 4.27. The molecule has 3 N–H and O–H groups in total. The molecule has 1 aliphatic rings. The largest absolute Gasteiger partial charge is 0.482 e. The zero-order valence-corrected chi connectivity index (χ0v) is 10.8. The number of anilines is 1. The lowest BCUT2D eigenvalue weighted by Crippen LogP contribution is -2.45. The Kier molecular flexibility index (Phi) is 4.13. The number of hydrogen-bond acceptors (Lipinski definition) is 5. The van der Waals surface area contributed by atoms with Crippen molar-refractivity contribution in [3.05, 3.63) is 23.8 Å². The van der Waals surface area contributed by atoms with Crippen LogP contribution in [0.15, 0.2) is 18.2 Å². The highest BCUT2D eigenvalue weighted by atomic mass is 16.5. The van der Waals surface area contributed by atoms with Gasteiger partial charge in [-0.1, -0.05) is 6.07 Å². The van der Waals surface area contributed by atoms with Crippen LogP contribution >= 0.6 is 0 Å². The molecule has 102 valence electrons. The molecule has 0 bridgehead atoms. The van der Waals surface area contributed by atoms with Crippen LogP contribution in [-0.4, -0.2) is 38.6 Å². The van der Waals surface area contributed by atoms with E-state index in [1.54, 1.807) is 12.1 Å². The van der Waals surface area contributed by atoms with E-state index in [2.05, 4.69) is 5.32 Å². The van der Waals surface area contributed by atoms with Gasteiger partial charge in [-0.2, -0.15) is 0 Å².